The van der Waals surface area contributed by atoms with Crippen molar-refractivity contribution in [2.45, 2.75) is 26.7 Å². The van der Waals surface area contributed by atoms with Crippen molar-refractivity contribution in [3.8, 4) is 0 Å². The van der Waals surface area contributed by atoms with E-state index in [0.29, 0.717) is 30.3 Å². The Morgan fingerprint density at radius 1 is 1.12 bits per heavy atom. The Bertz CT molecular complexity index is 766. The topological polar surface area (TPSA) is 75.3 Å². The van der Waals surface area contributed by atoms with Crippen LogP contribution in [0.4, 0.5) is 11.5 Å². The summed E-state index contributed by atoms with van der Waals surface area (Å²) in [6, 6.07) is 9.17. The van der Waals surface area contributed by atoms with E-state index >= 15 is 0 Å². The lowest BCUT2D eigenvalue weighted by Crippen LogP contribution is -2.49. The van der Waals surface area contributed by atoms with Crippen LogP contribution in [0, 0.1) is 6.92 Å². The number of piperazine rings is 1. The van der Waals surface area contributed by atoms with Gasteiger partial charge in [0.2, 0.25) is 0 Å². The SMILES string of the molecule is Cc1cc(N2CCN(C(=O)c3cccc(N)c3)CC2)nc(C(C)C)n1. The molecular formula is C19H25N5O. The minimum absolute atomic E-state index is 0.0358. The van der Waals surface area contributed by atoms with Gasteiger partial charge in [-0.25, -0.2) is 9.97 Å². The molecule has 1 fully saturated rings. The van der Waals surface area contributed by atoms with Crippen molar-refractivity contribution in [3.05, 3.63) is 47.4 Å². The van der Waals surface area contributed by atoms with Gasteiger partial charge in [0.05, 0.1) is 0 Å². The van der Waals surface area contributed by atoms with Gasteiger partial charge in [-0.1, -0.05) is 19.9 Å². The molecule has 2 heterocycles. The Morgan fingerprint density at radius 3 is 2.48 bits per heavy atom. The lowest BCUT2D eigenvalue weighted by atomic mass is 10.1. The fourth-order valence-electron chi connectivity index (χ4n) is 2.99. The molecule has 1 aliphatic heterocycles. The maximum Gasteiger partial charge on any atom is 0.254 e. The maximum absolute atomic E-state index is 12.6. The van der Waals surface area contributed by atoms with Crippen molar-refractivity contribution in [1.29, 1.82) is 0 Å². The Kier molecular flexibility index (Phi) is 4.88. The zero-order chi connectivity index (χ0) is 18.0. The predicted octanol–water partition coefficient (Wildman–Crippen LogP) is 2.45. The Morgan fingerprint density at radius 2 is 1.84 bits per heavy atom. The first-order chi connectivity index (χ1) is 11.9. The molecule has 25 heavy (non-hydrogen) atoms. The van der Waals surface area contributed by atoms with E-state index in [1.165, 1.54) is 0 Å². The molecule has 0 saturated carbocycles. The fourth-order valence-corrected chi connectivity index (χ4v) is 2.99. The molecule has 6 heteroatoms. The first-order valence-corrected chi connectivity index (χ1v) is 8.69. The number of aryl methyl sites for hydroxylation is 1. The molecule has 1 saturated heterocycles. The van der Waals surface area contributed by atoms with Gasteiger partial charge in [-0.2, -0.15) is 0 Å². The van der Waals surface area contributed by atoms with Gasteiger partial charge in [0, 0.05) is 55.1 Å². The average molecular weight is 339 g/mol. The third-order valence-electron chi connectivity index (χ3n) is 4.40. The molecular weight excluding hydrogens is 314 g/mol. The van der Waals surface area contributed by atoms with Gasteiger partial charge in [0.15, 0.2) is 0 Å². The molecule has 0 bridgehead atoms. The summed E-state index contributed by atoms with van der Waals surface area (Å²) in [6.07, 6.45) is 0. The quantitative estimate of drug-likeness (QED) is 0.870. The highest BCUT2D eigenvalue weighted by molar-refractivity contribution is 5.95. The Labute approximate surface area is 148 Å². The highest BCUT2D eigenvalue weighted by atomic mass is 16.2. The zero-order valence-corrected chi connectivity index (χ0v) is 15.1. The van der Waals surface area contributed by atoms with Gasteiger partial charge in [0.25, 0.3) is 5.91 Å². The van der Waals surface area contributed by atoms with Gasteiger partial charge in [-0.3, -0.25) is 4.79 Å². The van der Waals surface area contributed by atoms with Crippen molar-refractivity contribution in [1.82, 2.24) is 14.9 Å². The summed E-state index contributed by atoms with van der Waals surface area (Å²) >= 11 is 0. The van der Waals surface area contributed by atoms with E-state index in [4.69, 9.17) is 10.7 Å². The predicted molar refractivity (Wildman–Crippen MR) is 99.8 cm³/mol. The van der Waals surface area contributed by atoms with Gasteiger partial charge in [-0.05, 0) is 25.1 Å². The van der Waals surface area contributed by atoms with Crippen LogP contribution in [0.3, 0.4) is 0 Å². The van der Waals surface area contributed by atoms with Crippen molar-refractivity contribution >= 4 is 17.4 Å². The summed E-state index contributed by atoms with van der Waals surface area (Å²) in [5.74, 6) is 2.15. The van der Waals surface area contributed by atoms with Crippen LogP contribution in [0.1, 0.15) is 41.6 Å². The number of carbonyl (C=O) groups excluding carboxylic acids is 1. The second-order valence-corrected chi connectivity index (χ2v) is 6.79. The van der Waals surface area contributed by atoms with Crippen LogP contribution in [-0.2, 0) is 0 Å². The average Bonchev–Trinajstić information content (AvgIpc) is 2.60. The van der Waals surface area contributed by atoms with Gasteiger partial charge in [0.1, 0.15) is 11.6 Å². The van der Waals surface area contributed by atoms with E-state index in [0.717, 1.165) is 30.4 Å². The second kappa shape index (κ2) is 7.09. The summed E-state index contributed by atoms with van der Waals surface area (Å²) < 4.78 is 0. The highest BCUT2D eigenvalue weighted by Crippen LogP contribution is 2.19. The number of rotatable bonds is 3. The van der Waals surface area contributed by atoms with E-state index in [1.54, 1.807) is 12.1 Å². The van der Waals surface area contributed by atoms with Crippen LogP contribution in [0.5, 0.6) is 0 Å². The number of nitrogen functional groups attached to an aromatic ring is 1. The van der Waals surface area contributed by atoms with Crippen molar-refractivity contribution in [2.75, 3.05) is 36.8 Å². The molecule has 3 rings (SSSR count). The van der Waals surface area contributed by atoms with Crippen LogP contribution >= 0.6 is 0 Å². The first-order valence-electron chi connectivity index (χ1n) is 8.69. The molecule has 1 amide bonds. The van der Waals surface area contributed by atoms with Crippen LogP contribution in [0.2, 0.25) is 0 Å². The summed E-state index contributed by atoms with van der Waals surface area (Å²) in [7, 11) is 0. The molecule has 132 valence electrons. The first kappa shape index (κ1) is 17.2. The number of anilines is 2. The van der Waals surface area contributed by atoms with Gasteiger partial charge in [-0.15, -0.1) is 0 Å². The van der Waals surface area contributed by atoms with E-state index in [1.807, 2.05) is 30.0 Å². The molecule has 1 aliphatic rings. The van der Waals surface area contributed by atoms with E-state index in [9.17, 15) is 4.79 Å². The molecule has 2 N–H and O–H groups in total. The minimum atomic E-state index is 0.0358. The normalized spacial score (nSPS) is 14.9. The molecule has 0 radical (unpaired) electrons. The number of aromatic nitrogens is 2. The highest BCUT2D eigenvalue weighted by Gasteiger charge is 2.23. The summed E-state index contributed by atoms with van der Waals surface area (Å²) in [4.78, 5) is 25.9. The number of hydrogen-bond acceptors (Lipinski definition) is 5. The number of amides is 1. The molecule has 0 spiro atoms. The van der Waals surface area contributed by atoms with Gasteiger partial charge < -0.3 is 15.5 Å². The summed E-state index contributed by atoms with van der Waals surface area (Å²) in [6.45, 7) is 9.07. The number of hydrogen-bond donors (Lipinski definition) is 1. The molecule has 6 nitrogen and oxygen atoms in total. The fraction of sp³-hybridized carbons (Fsp3) is 0.421. The standard InChI is InChI=1S/C19H25N5O/c1-13(2)18-21-14(3)11-17(22-18)23-7-9-24(10-8-23)19(25)15-5-4-6-16(20)12-15/h4-6,11-13H,7-10,20H2,1-3H3. The third kappa shape index (κ3) is 3.90. The third-order valence-corrected chi connectivity index (χ3v) is 4.40. The summed E-state index contributed by atoms with van der Waals surface area (Å²) in [5, 5.41) is 0. The molecule has 0 unspecified atom stereocenters. The largest absolute Gasteiger partial charge is 0.399 e. The van der Waals surface area contributed by atoms with Crippen LogP contribution < -0.4 is 10.6 Å². The number of benzene rings is 1. The van der Waals surface area contributed by atoms with Crippen molar-refractivity contribution < 1.29 is 4.79 Å². The minimum Gasteiger partial charge on any atom is -0.399 e. The number of carbonyl (C=O) groups is 1. The molecule has 2 aromatic rings. The van der Waals surface area contributed by atoms with E-state index < -0.39 is 0 Å². The zero-order valence-electron chi connectivity index (χ0n) is 15.1. The second-order valence-electron chi connectivity index (χ2n) is 6.79. The molecule has 1 aromatic carbocycles. The van der Waals surface area contributed by atoms with E-state index in [-0.39, 0.29) is 5.91 Å². The number of nitrogens with two attached hydrogens (primary N) is 1. The van der Waals surface area contributed by atoms with Crippen LogP contribution in [0.15, 0.2) is 30.3 Å². The monoisotopic (exact) mass is 339 g/mol. The van der Waals surface area contributed by atoms with Crippen molar-refractivity contribution in [3.63, 3.8) is 0 Å². The Balaban J connectivity index is 1.69. The lowest BCUT2D eigenvalue weighted by molar-refractivity contribution is 0.0746. The lowest BCUT2D eigenvalue weighted by Gasteiger charge is -2.35. The number of nitrogens with zero attached hydrogens (tertiary/aromatic N) is 4. The summed E-state index contributed by atoms with van der Waals surface area (Å²) in [5.41, 5.74) is 8.02. The molecule has 1 aromatic heterocycles. The van der Waals surface area contributed by atoms with Crippen LogP contribution in [0.25, 0.3) is 0 Å². The molecule has 0 aliphatic carbocycles. The maximum atomic E-state index is 12.6. The molecule has 0 atom stereocenters. The smallest absolute Gasteiger partial charge is 0.254 e. The van der Waals surface area contributed by atoms with Crippen molar-refractivity contribution in [2.24, 2.45) is 0 Å². The van der Waals surface area contributed by atoms with Gasteiger partial charge >= 0.3 is 0 Å². The van der Waals surface area contributed by atoms with E-state index in [2.05, 4.69) is 23.7 Å². The Hall–Kier alpha value is -2.63. The van der Waals surface area contributed by atoms with Crippen LogP contribution in [-0.4, -0.2) is 47.0 Å².